The van der Waals surface area contributed by atoms with E-state index in [-0.39, 0.29) is 5.91 Å². The first-order chi connectivity index (χ1) is 17.1. The first-order valence-corrected chi connectivity index (χ1v) is 11.8. The van der Waals surface area contributed by atoms with Crippen LogP contribution in [0.4, 0.5) is 17.3 Å². The fourth-order valence-corrected chi connectivity index (χ4v) is 4.02. The lowest BCUT2D eigenvalue weighted by atomic mass is 10.1. The van der Waals surface area contributed by atoms with Crippen LogP contribution >= 0.6 is 0 Å². The van der Waals surface area contributed by atoms with Crippen molar-refractivity contribution < 1.29 is 9.53 Å². The average molecular weight is 473 g/mol. The van der Waals surface area contributed by atoms with Crippen LogP contribution in [-0.2, 0) is 0 Å². The third-order valence-corrected chi connectivity index (χ3v) is 6.08. The zero-order valence-electron chi connectivity index (χ0n) is 20.5. The lowest BCUT2D eigenvalue weighted by molar-refractivity contribution is 0.0962. The molecule has 182 valence electrons. The maximum atomic E-state index is 12.0. The van der Waals surface area contributed by atoms with E-state index in [1.54, 1.807) is 32.6 Å². The van der Waals surface area contributed by atoms with Crippen LogP contribution in [0.3, 0.4) is 0 Å². The number of aromatic nitrogens is 2. The molecule has 1 aliphatic rings. The number of amides is 1. The Balaban J connectivity index is 1.41. The second-order valence-electron chi connectivity index (χ2n) is 8.34. The van der Waals surface area contributed by atoms with Crippen molar-refractivity contribution >= 4 is 35.4 Å². The van der Waals surface area contributed by atoms with Crippen LogP contribution in [-0.4, -0.2) is 67.7 Å². The topological polar surface area (TPSA) is 82.6 Å². The van der Waals surface area contributed by atoms with Gasteiger partial charge in [-0.1, -0.05) is 25.1 Å². The van der Waals surface area contributed by atoms with Crippen LogP contribution in [0.2, 0.25) is 0 Å². The Kier molecular flexibility index (Phi) is 7.95. The van der Waals surface area contributed by atoms with Gasteiger partial charge in [0.2, 0.25) is 5.95 Å². The Hall–Kier alpha value is -3.91. The maximum Gasteiger partial charge on any atom is 0.251 e. The van der Waals surface area contributed by atoms with Crippen molar-refractivity contribution in [3.8, 4) is 5.75 Å². The molecule has 3 aromatic rings. The second-order valence-corrected chi connectivity index (χ2v) is 8.34. The monoisotopic (exact) mass is 472 g/mol. The van der Waals surface area contributed by atoms with Crippen molar-refractivity contribution in [3.63, 3.8) is 0 Å². The van der Waals surface area contributed by atoms with Gasteiger partial charge in [-0.3, -0.25) is 4.79 Å². The van der Waals surface area contributed by atoms with Crippen molar-refractivity contribution in [3.05, 3.63) is 71.5 Å². The number of likely N-dealkylation sites (N-methyl/N-ethyl adjacent to an activating group) is 1. The van der Waals surface area contributed by atoms with Gasteiger partial charge in [-0.25, -0.2) is 9.97 Å². The molecule has 8 nitrogen and oxygen atoms in total. The highest BCUT2D eigenvalue weighted by Crippen LogP contribution is 2.23. The number of benzene rings is 2. The number of methoxy groups -OCH3 is 1. The summed E-state index contributed by atoms with van der Waals surface area (Å²) in [7, 11) is 3.19. The molecule has 1 fully saturated rings. The van der Waals surface area contributed by atoms with E-state index in [1.165, 1.54) is 5.69 Å². The van der Waals surface area contributed by atoms with Gasteiger partial charge < -0.3 is 25.2 Å². The third kappa shape index (κ3) is 6.36. The van der Waals surface area contributed by atoms with Gasteiger partial charge in [0, 0.05) is 68.1 Å². The molecule has 2 heterocycles. The van der Waals surface area contributed by atoms with Crippen LogP contribution < -0.4 is 20.3 Å². The van der Waals surface area contributed by atoms with Crippen LogP contribution in [0.5, 0.6) is 5.75 Å². The summed E-state index contributed by atoms with van der Waals surface area (Å²) in [5.41, 5.74) is 4.41. The molecule has 0 spiro atoms. The van der Waals surface area contributed by atoms with Crippen molar-refractivity contribution in [2.45, 2.75) is 6.92 Å². The summed E-state index contributed by atoms with van der Waals surface area (Å²) in [6, 6.07) is 13.8. The van der Waals surface area contributed by atoms with Crippen molar-refractivity contribution in [2.24, 2.45) is 0 Å². The molecule has 2 N–H and O–H groups in total. The third-order valence-electron chi connectivity index (χ3n) is 6.08. The minimum absolute atomic E-state index is 0.162. The zero-order valence-corrected chi connectivity index (χ0v) is 20.5. The van der Waals surface area contributed by atoms with Crippen LogP contribution in [0.25, 0.3) is 12.2 Å². The first-order valence-electron chi connectivity index (χ1n) is 11.8. The highest BCUT2D eigenvalue weighted by molar-refractivity contribution is 5.95. The SMILES string of the molecule is CCN1CCN(c2cccc(Nc3ncc(C=Cc4cc(OC)cc(C(=O)NC)c4)cn3)c2)CC1. The molecule has 1 saturated heterocycles. The number of nitrogens with zero attached hydrogens (tertiary/aromatic N) is 4. The van der Waals surface area contributed by atoms with E-state index in [2.05, 4.69) is 55.5 Å². The molecule has 0 bridgehead atoms. The second kappa shape index (κ2) is 11.5. The molecule has 0 atom stereocenters. The lowest BCUT2D eigenvalue weighted by Crippen LogP contribution is -2.46. The molecule has 2 aromatic carbocycles. The standard InChI is InChI=1S/C27H32N6O2/c1-4-32-10-12-33(13-11-32)24-7-5-6-23(17-24)31-27-29-18-21(19-30-27)9-8-20-14-22(26(34)28-2)16-25(15-20)35-3/h5-9,14-19H,4,10-13H2,1-3H3,(H,28,34)(H,29,30,31). The van der Waals surface area contributed by atoms with E-state index in [0.29, 0.717) is 17.3 Å². The summed E-state index contributed by atoms with van der Waals surface area (Å²) >= 11 is 0. The molecule has 35 heavy (non-hydrogen) atoms. The first kappa shape index (κ1) is 24.2. The highest BCUT2D eigenvalue weighted by atomic mass is 16.5. The van der Waals surface area contributed by atoms with Gasteiger partial charge in [0.1, 0.15) is 5.75 Å². The smallest absolute Gasteiger partial charge is 0.251 e. The van der Waals surface area contributed by atoms with Gasteiger partial charge in [-0.05, 0) is 48.5 Å². The summed E-state index contributed by atoms with van der Waals surface area (Å²) in [5, 5.41) is 5.94. The van der Waals surface area contributed by atoms with Gasteiger partial charge in [0.05, 0.1) is 7.11 Å². The van der Waals surface area contributed by atoms with E-state index in [1.807, 2.05) is 30.4 Å². The number of piperazine rings is 1. The lowest BCUT2D eigenvalue weighted by Gasteiger charge is -2.35. The summed E-state index contributed by atoms with van der Waals surface area (Å²) in [5.74, 6) is 0.999. The minimum Gasteiger partial charge on any atom is -0.497 e. The molecule has 8 heteroatoms. The number of carbonyl (C=O) groups is 1. The Bertz CT molecular complexity index is 1170. The molecule has 0 aliphatic carbocycles. The average Bonchev–Trinajstić information content (AvgIpc) is 2.92. The summed E-state index contributed by atoms with van der Waals surface area (Å²) in [6.45, 7) is 7.57. The molecular weight excluding hydrogens is 440 g/mol. The van der Waals surface area contributed by atoms with E-state index in [9.17, 15) is 4.79 Å². The zero-order chi connectivity index (χ0) is 24.6. The number of nitrogens with one attached hydrogen (secondary N) is 2. The largest absolute Gasteiger partial charge is 0.497 e. The molecule has 1 amide bonds. The Morgan fingerprint density at radius 3 is 2.46 bits per heavy atom. The summed E-state index contributed by atoms with van der Waals surface area (Å²) in [6.07, 6.45) is 7.34. The summed E-state index contributed by atoms with van der Waals surface area (Å²) < 4.78 is 5.32. The number of hydrogen-bond donors (Lipinski definition) is 2. The molecule has 4 rings (SSSR count). The number of ether oxygens (including phenoxy) is 1. The van der Waals surface area contributed by atoms with Crippen LogP contribution in [0, 0.1) is 0 Å². The normalized spacial score (nSPS) is 14.2. The van der Waals surface area contributed by atoms with Crippen molar-refractivity contribution in [1.82, 2.24) is 20.2 Å². The van der Waals surface area contributed by atoms with E-state index >= 15 is 0 Å². The molecule has 1 aliphatic heterocycles. The van der Waals surface area contributed by atoms with Crippen molar-refractivity contribution in [1.29, 1.82) is 0 Å². The van der Waals surface area contributed by atoms with E-state index in [0.717, 1.165) is 49.5 Å². The number of carbonyl (C=O) groups excluding carboxylic acids is 1. The van der Waals surface area contributed by atoms with Gasteiger partial charge in [-0.2, -0.15) is 0 Å². The van der Waals surface area contributed by atoms with Crippen LogP contribution in [0.15, 0.2) is 54.9 Å². The molecule has 0 saturated carbocycles. The fraction of sp³-hybridized carbons (Fsp3) is 0.296. The Labute approximate surface area is 206 Å². The predicted octanol–water partition coefficient (Wildman–Crippen LogP) is 3.90. The van der Waals surface area contributed by atoms with E-state index in [4.69, 9.17) is 4.74 Å². The molecule has 0 radical (unpaired) electrons. The van der Waals surface area contributed by atoms with Gasteiger partial charge in [0.15, 0.2) is 0 Å². The van der Waals surface area contributed by atoms with Crippen molar-refractivity contribution in [2.75, 3.05) is 57.1 Å². The quantitative estimate of drug-likeness (QED) is 0.515. The molecule has 1 aromatic heterocycles. The fourth-order valence-electron chi connectivity index (χ4n) is 4.02. The molecule has 0 unspecified atom stereocenters. The van der Waals surface area contributed by atoms with Gasteiger partial charge in [0.25, 0.3) is 5.91 Å². The Morgan fingerprint density at radius 1 is 1.03 bits per heavy atom. The number of anilines is 3. The maximum absolute atomic E-state index is 12.0. The molecular formula is C27H32N6O2. The Morgan fingerprint density at radius 2 is 1.77 bits per heavy atom. The van der Waals surface area contributed by atoms with Crippen LogP contribution in [0.1, 0.15) is 28.4 Å². The summed E-state index contributed by atoms with van der Waals surface area (Å²) in [4.78, 5) is 25.8. The number of rotatable bonds is 8. The van der Waals surface area contributed by atoms with Gasteiger partial charge >= 0.3 is 0 Å². The minimum atomic E-state index is -0.162. The number of hydrogen-bond acceptors (Lipinski definition) is 7. The predicted molar refractivity (Wildman–Crippen MR) is 141 cm³/mol. The highest BCUT2D eigenvalue weighted by Gasteiger charge is 2.16. The van der Waals surface area contributed by atoms with Gasteiger partial charge in [-0.15, -0.1) is 0 Å². The van der Waals surface area contributed by atoms with E-state index < -0.39 is 0 Å².